The summed E-state index contributed by atoms with van der Waals surface area (Å²) in [5.74, 6) is -1.09. The Morgan fingerprint density at radius 1 is 1.09 bits per heavy atom. The van der Waals surface area contributed by atoms with Crippen LogP contribution in [0.15, 0.2) is 42.5 Å². The molecule has 1 amide bonds. The molecular formula is C17H14ClNO3. The van der Waals surface area contributed by atoms with Gasteiger partial charge < -0.3 is 10.0 Å². The minimum absolute atomic E-state index is 0.128. The fourth-order valence-corrected chi connectivity index (χ4v) is 2.89. The highest BCUT2D eigenvalue weighted by molar-refractivity contribution is 6.33. The third-order valence-corrected chi connectivity index (χ3v) is 4.19. The van der Waals surface area contributed by atoms with Gasteiger partial charge in [-0.3, -0.25) is 4.79 Å². The van der Waals surface area contributed by atoms with Crippen LogP contribution in [-0.4, -0.2) is 28.4 Å². The molecule has 2 aromatic rings. The zero-order valence-electron chi connectivity index (χ0n) is 11.8. The number of carbonyl (C=O) groups is 2. The molecule has 112 valence electrons. The first-order chi connectivity index (χ1) is 10.6. The molecule has 0 bridgehead atoms. The minimum atomic E-state index is -0.961. The second-order valence-corrected chi connectivity index (χ2v) is 5.65. The Morgan fingerprint density at radius 3 is 2.59 bits per heavy atom. The van der Waals surface area contributed by atoms with Gasteiger partial charge in [0.25, 0.3) is 5.91 Å². The molecule has 0 aliphatic carbocycles. The van der Waals surface area contributed by atoms with Crippen LogP contribution < -0.4 is 0 Å². The van der Waals surface area contributed by atoms with Crippen LogP contribution >= 0.6 is 11.6 Å². The quantitative estimate of drug-likeness (QED) is 0.925. The molecule has 0 radical (unpaired) electrons. The van der Waals surface area contributed by atoms with Crippen LogP contribution in [0.5, 0.6) is 0 Å². The number of amides is 1. The second kappa shape index (κ2) is 5.81. The highest BCUT2D eigenvalue weighted by Crippen LogP contribution is 2.24. The SMILES string of the molecule is O=C(O)c1ccc2c(c1)CN(C(=O)c1ccccc1Cl)CC2. The molecule has 1 aliphatic heterocycles. The van der Waals surface area contributed by atoms with Crippen molar-refractivity contribution in [2.45, 2.75) is 13.0 Å². The van der Waals surface area contributed by atoms with Crippen LogP contribution in [0.25, 0.3) is 0 Å². The normalized spacial score (nSPS) is 13.6. The van der Waals surface area contributed by atoms with Crippen molar-refractivity contribution in [2.75, 3.05) is 6.54 Å². The van der Waals surface area contributed by atoms with Gasteiger partial charge >= 0.3 is 5.97 Å². The van der Waals surface area contributed by atoms with Crippen LogP contribution in [0, 0.1) is 0 Å². The van der Waals surface area contributed by atoms with Gasteiger partial charge in [0.05, 0.1) is 16.1 Å². The molecule has 2 aromatic carbocycles. The Hall–Kier alpha value is -2.33. The van der Waals surface area contributed by atoms with Crippen molar-refractivity contribution in [3.05, 3.63) is 69.7 Å². The maximum absolute atomic E-state index is 12.6. The lowest BCUT2D eigenvalue weighted by molar-refractivity contribution is 0.0696. The van der Waals surface area contributed by atoms with E-state index < -0.39 is 5.97 Å². The molecule has 0 saturated heterocycles. The number of carbonyl (C=O) groups excluding carboxylic acids is 1. The number of halogens is 1. The van der Waals surface area contributed by atoms with Crippen molar-refractivity contribution in [3.8, 4) is 0 Å². The summed E-state index contributed by atoms with van der Waals surface area (Å²) < 4.78 is 0. The zero-order valence-corrected chi connectivity index (χ0v) is 12.5. The molecule has 0 unspecified atom stereocenters. The second-order valence-electron chi connectivity index (χ2n) is 5.25. The summed E-state index contributed by atoms with van der Waals surface area (Å²) >= 11 is 6.08. The van der Waals surface area contributed by atoms with E-state index in [0.717, 1.165) is 11.1 Å². The fourth-order valence-electron chi connectivity index (χ4n) is 2.67. The molecule has 1 heterocycles. The van der Waals surface area contributed by atoms with Gasteiger partial charge in [-0.1, -0.05) is 29.8 Å². The number of hydrogen-bond donors (Lipinski definition) is 1. The summed E-state index contributed by atoms with van der Waals surface area (Å²) in [6.07, 6.45) is 0.714. The number of benzene rings is 2. The van der Waals surface area contributed by atoms with E-state index in [2.05, 4.69) is 0 Å². The molecule has 4 nitrogen and oxygen atoms in total. The van der Waals surface area contributed by atoms with Gasteiger partial charge in [-0.05, 0) is 41.8 Å². The van der Waals surface area contributed by atoms with Crippen LogP contribution in [-0.2, 0) is 13.0 Å². The average molecular weight is 316 g/mol. The predicted molar refractivity (Wildman–Crippen MR) is 83.3 cm³/mol. The standard InChI is InChI=1S/C17H14ClNO3/c18-15-4-2-1-3-14(15)16(20)19-8-7-11-5-6-12(17(21)22)9-13(11)10-19/h1-6,9H,7-8,10H2,(H,21,22). The van der Waals surface area contributed by atoms with Gasteiger partial charge in [-0.15, -0.1) is 0 Å². The molecule has 0 fully saturated rings. The van der Waals surface area contributed by atoms with Crippen molar-refractivity contribution >= 4 is 23.5 Å². The Balaban J connectivity index is 1.87. The summed E-state index contributed by atoms with van der Waals surface area (Å²) in [6, 6.07) is 12.0. The Labute approximate surface area is 132 Å². The van der Waals surface area contributed by atoms with Gasteiger partial charge in [-0.2, -0.15) is 0 Å². The van der Waals surface area contributed by atoms with Gasteiger partial charge in [0.2, 0.25) is 0 Å². The van der Waals surface area contributed by atoms with E-state index in [1.54, 1.807) is 41.3 Å². The maximum Gasteiger partial charge on any atom is 0.335 e. The van der Waals surface area contributed by atoms with E-state index in [4.69, 9.17) is 16.7 Å². The molecule has 22 heavy (non-hydrogen) atoms. The van der Waals surface area contributed by atoms with Crippen molar-refractivity contribution in [1.82, 2.24) is 4.90 Å². The third-order valence-electron chi connectivity index (χ3n) is 3.86. The van der Waals surface area contributed by atoms with Crippen molar-refractivity contribution in [1.29, 1.82) is 0 Å². The minimum Gasteiger partial charge on any atom is -0.478 e. The smallest absolute Gasteiger partial charge is 0.335 e. The largest absolute Gasteiger partial charge is 0.478 e. The Bertz CT molecular complexity index is 757. The van der Waals surface area contributed by atoms with Crippen LogP contribution in [0.4, 0.5) is 0 Å². The summed E-state index contributed by atoms with van der Waals surface area (Å²) in [4.78, 5) is 25.3. The van der Waals surface area contributed by atoms with Gasteiger partial charge in [0, 0.05) is 13.1 Å². The highest BCUT2D eigenvalue weighted by atomic mass is 35.5. The number of hydrogen-bond acceptors (Lipinski definition) is 2. The fraction of sp³-hybridized carbons (Fsp3) is 0.176. The lowest BCUT2D eigenvalue weighted by atomic mass is 9.97. The van der Waals surface area contributed by atoms with Crippen molar-refractivity contribution in [3.63, 3.8) is 0 Å². The Kier molecular flexibility index (Phi) is 3.86. The summed E-state index contributed by atoms with van der Waals surface area (Å²) in [7, 11) is 0. The first-order valence-electron chi connectivity index (χ1n) is 6.95. The summed E-state index contributed by atoms with van der Waals surface area (Å²) in [5.41, 5.74) is 2.69. The third kappa shape index (κ3) is 2.70. The van der Waals surface area contributed by atoms with E-state index in [1.807, 2.05) is 6.07 Å². The lowest BCUT2D eigenvalue weighted by Crippen LogP contribution is -2.36. The van der Waals surface area contributed by atoms with Crippen LogP contribution in [0.2, 0.25) is 5.02 Å². The van der Waals surface area contributed by atoms with Gasteiger partial charge in [0.1, 0.15) is 0 Å². The van der Waals surface area contributed by atoms with Crippen molar-refractivity contribution in [2.24, 2.45) is 0 Å². The molecular weight excluding hydrogens is 302 g/mol. The zero-order chi connectivity index (χ0) is 15.7. The number of carboxylic acids is 1. The number of nitrogens with zero attached hydrogens (tertiary/aromatic N) is 1. The monoisotopic (exact) mass is 315 g/mol. The molecule has 1 aliphatic rings. The topological polar surface area (TPSA) is 57.6 Å². The van der Waals surface area contributed by atoms with E-state index in [1.165, 1.54) is 0 Å². The average Bonchev–Trinajstić information content (AvgIpc) is 2.53. The molecule has 3 rings (SSSR count). The molecule has 5 heteroatoms. The maximum atomic E-state index is 12.6. The van der Waals surface area contributed by atoms with E-state index in [-0.39, 0.29) is 11.5 Å². The number of aromatic carboxylic acids is 1. The van der Waals surface area contributed by atoms with E-state index >= 15 is 0 Å². The first kappa shape index (κ1) is 14.6. The molecule has 0 saturated carbocycles. The number of rotatable bonds is 2. The molecule has 0 atom stereocenters. The van der Waals surface area contributed by atoms with Crippen LogP contribution in [0.1, 0.15) is 31.8 Å². The lowest BCUT2D eigenvalue weighted by Gasteiger charge is -2.29. The molecule has 1 N–H and O–H groups in total. The Morgan fingerprint density at radius 2 is 1.86 bits per heavy atom. The summed E-state index contributed by atoms with van der Waals surface area (Å²) in [5, 5.41) is 9.51. The van der Waals surface area contributed by atoms with Gasteiger partial charge in [-0.25, -0.2) is 4.79 Å². The summed E-state index contributed by atoms with van der Waals surface area (Å²) in [6.45, 7) is 1.00. The molecule has 0 spiro atoms. The first-order valence-corrected chi connectivity index (χ1v) is 7.33. The van der Waals surface area contributed by atoms with Crippen molar-refractivity contribution < 1.29 is 14.7 Å². The van der Waals surface area contributed by atoms with Gasteiger partial charge in [0.15, 0.2) is 0 Å². The highest BCUT2D eigenvalue weighted by Gasteiger charge is 2.23. The van der Waals surface area contributed by atoms with E-state index in [9.17, 15) is 9.59 Å². The molecule has 0 aromatic heterocycles. The number of carboxylic acid groups (broad SMARTS) is 1. The van der Waals surface area contributed by atoms with E-state index in [0.29, 0.717) is 30.1 Å². The predicted octanol–water partition coefficient (Wildman–Crippen LogP) is 3.24. The number of fused-ring (bicyclic) bond motifs is 1. The van der Waals surface area contributed by atoms with Crippen LogP contribution in [0.3, 0.4) is 0 Å².